The van der Waals surface area contributed by atoms with Gasteiger partial charge in [0.2, 0.25) is 5.91 Å². The molecule has 2 aromatic rings. The summed E-state index contributed by atoms with van der Waals surface area (Å²) in [5.41, 5.74) is 2.98. The first-order valence-electron chi connectivity index (χ1n) is 8.34. The van der Waals surface area contributed by atoms with E-state index in [1.54, 1.807) is 0 Å². The van der Waals surface area contributed by atoms with Gasteiger partial charge in [0.05, 0.1) is 6.10 Å². The van der Waals surface area contributed by atoms with Gasteiger partial charge in [-0.05, 0) is 55.8 Å². The molecule has 0 bridgehead atoms. The third kappa shape index (κ3) is 5.61. The average Bonchev–Trinajstić information content (AvgIpc) is 2.54. The van der Waals surface area contributed by atoms with Crippen molar-refractivity contribution in [2.45, 2.75) is 40.3 Å². The molecule has 0 aliphatic heterocycles. The zero-order valence-corrected chi connectivity index (χ0v) is 14.8. The van der Waals surface area contributed by atoms with Gasteiger partial charge in [-0.2, -0.15) is 0 Å². The highest BCUT2D eigenvalue weighted by molar-refractivity contribution is 5.92. The maximum absolute atomic E-state index is 11.7. The van der Waals surface area contributed by atoms with Crippen molar-refractivity contribution < 1.29 is 9.53 Å². The number of hydrogen-bond donors (Lipinski definition) is 2. The Balaban J connectivity index is 1.91. The fourth-order valence-corrected chi connectivity index (χ4v) is 2.16. The SMILES string of the molecule is CC(C)Oc1cccc(CNc2ccc(NC(=O)C(C)C)cc2)c1. The van der Waals surface area contributed by atoms with E-state index in [2.05, 4.69) is 16.7 Å². The normalized spacial score (nSPS) is 10.8. The zero-order chi connectivity index (χ0) is 17.5. The molecule has 0 atom stereocenters. The highest BCUT2D eigenvalue weighted by Gasteiger charge is 2.06. The minimum Gasteiger partial charge on any atom is -0.491 e. The number of amides is 1. The van der Waals surface area contributed by atoms with Crippen molar-refractivity contribution in [1.29, 1.82) is 0 Å². The number of carbonyl (C=O) groups is 1. The van der Waals surface area contributed by atoms with E-state index in [1.165, 1.54) is 0 Å². The van der Waals surface area contributed by atoms with Crippen LogP contribution in [0.3, 0.4) is 0 Å². The Kier molecular flexibility index (Phi) is 6.24. The summed E-state index contributed by atoms with van der Waals surface area (Å²) < 4.78 is 5.71. The molecule has 0 radical (unpaired) electrons. The van der Waals surface area contributed by atoms with Crippen molar-refractivity contribution in [1.82, 2.24) is 0 Å². The Morgan fingerprint density at radius 1 is 1.00 bits per heavy atom. The first-order chi connectivity index (χ1) is 11.4. The van der Waals surface area contributed by atoms with E-state index in [4.69, 9.17) is 4.74 Å². The van der Waals surface area contributed by atoms with Crippen LogP contribution in [0, 0.1) is 5.92 Å². The third-order valence-electron chi connectivity index (χ3n) is 3.44. The van der Waals surface area contributed by atoms with Crippen LogP contribution in [-0.2, 0) is 11.3 Å². The van der Waals surface area contributed by atoms with E-state index in [1.807, 2.05) is 70.2 Å². The van der Waals surface area contributed by atoms with Crippen LogP contribution in [0.1, 0.15) is 33.3 Å². The van der Waals surface area contributed by atoms with Crippen molar-refractivity contribution in [2.24, 2.45) is 5.92 Å². The van der Waals surface area contributed by atoms with E-state index < -0.39 is 0 Å². The van der Waals surface area contributed by atoms with E-state index in [0.717, 1.165) is 22.7 Å². The summed E-state index contributed by atoms with van der Waals surface area (Å²) in [5, 5.41) is 6.26. The molecule has 0 spiro atoms. The molecule has 4 heteroatoms. The summed E-state index contributed by atoms with van der Waals surface area (Å²) in [4.78, 5) is 11.7. The molecule has 4 nitrogen and oxygen atoms in total. The second kappa shape index (κ2) is 8.39. The van der Waals surface area contributed by atoms with Crippen LogP contribution in [0.4, 0.5) is 11.4 Å². The lowest BCUT2D eigenvalue weighted by molar-refractivity contribution is -0.118. The van der Waals surface area contributed by atoms with Gasteiger partial charge in [-0.25, -0.2) is 0 Å². The van der Waals surface area contributed by atoms with Gasteiger partial charge in [0.15, 0.2) is 0 Å². The molecular weight excluding hydrogens is 300 g/mol. The summed E-state index contributed by atoms with van der Waals surface area (Å²) in [6, 6.07) is 15.8. The summed E-state index contributed by atoms with van der Waals surface area (Å²) in [6.45, 7) is 8.51. The largest absolute Gasteiger partial charge is 0.491 e. The van der Waals surface area contributed by atoms with Crippen molar-refractivity contribution >= 4 is 17.3 Å². The lowest BCUT2D eigenvalue weighted by Gasteiger charge is -2.12. The van der Waals surface area contributed by atoms with Crippen LogP contribution in [0.15, 0.2) is 48.5 Å². The number of benzene rings is 2. The van der Waals surface area contributed by atoms with Crippen LogP contribution in [0.5, 0.6) is 5.75 Å². The Labute approximate surface area is 144 Å². The summed E-state index contributed by atoms with van der Waals surface area (Å²) >= 11 is 0. The van der Waals surface area contributed by atoms with Gasteiger partial charge in [-0.15, -0.1) is 0 Å². The zero-order valence-electron chi connectivity index (χ0n) is 14.8. The van der Waals surface area contributed by atoms with E-state index in [-0.39, 0.29) is 17.9 Å². The fraction of sp³-hybridized carbons (Fsp3) is 0.350. The van der Waals surface area contributed by atoms with Crippen molar-refractivity contribution in [2.75, 3.05) is 10.6 Å². The molecule has 24 heavy (non-hydrogen) atoms. The van der Waals surface area contributed by atoms with Crippen LogP contribution in [0.25, 0.3) is 0 Å². The molecular formula is C20H26N2O2. The molecule has 2 rings (SSSR count). The standard InChI is InChI=1S/C20H26N2O2/c1-14(2)20(23)22-18-10-8-17(9-11-18)21-13-16-6-5-7-19(12-16)24-15(3)4/h5-12,14-15,21H,13H2,1-4H3,(H,22,23). The van der Waals surface area contributed by atoms with Gasteiger partial charge in [-0.1, -0.05) is 26.0 Å². The molecule has 0 aromatic heterocycles. The number of carbonyl (C=O) groups excluding carboxylic acids is 1. The van der Waals surface area contributed by atoms with Gasteiger partial charge in [0.25, 0.3) is 0 Å². The first kappa shape index (κ1) is 17.9. The lowest BCUT2D eigenvalue weighted by Crippen LogP contribution is -2.17. The molecule has 0 saturated heterocycles. The van der Waals surface area contributed by atoms with Crippen LogP contribution >= 0.6 is 0 Å². The maximum Gasteiger partial charge on any atom is 0.226 e. The van der Waals surface area contributed by atoms with Gasteiger partial charge in [-0.3, -0.25) is 4.79 Å². The molecule has 0 aliphatic carbocycles. The first-order valence-corrected chi connectivity index (χ1v) is 8.34. The van der Waals surface area contributed by atoms with Gasteiger partial charge in [0.1, 0.15) is 5.75 Å². The van der Waals surface area contributed by atoms with E-state index >= 15 is 0 Å². The third-order valence-corrected chi connectivity index (χ3v) is 3.44. The number of hydrogen-bond acceptors (Lipinski definition) is 3. The molecule has 128 valence electrons. The number of ether oxygens (including phenoxy) is 1. The second-order valence-electron chi connectivity index (χ2n) is 6.39. The van der Waals surface area contributed by atoms with Crippen molar-refractivity contribution in [3.8, 4) is 5.75 Å². The molecule has 2 N–H and O–H groups in total. The number of anilines is 2. The van der Waals surface area contributed by atoms with Gasteiger partial charge in [0, 0.05) is 23.8 Å². The quantitative estimate of drug-likeness (QED) is 0.776. The van der Waals surface area contributed by atoms with Crippen LogP contribution in [0.2, 0.25) is 0 Å². The molecule has 0 heterocycles. The van der Waals surface area contributed by atoms with E-state index in [9.17, 15) is 4.79 Å². The number of rotatable bonds is 7. The fourth-order valence-electron chi connectivity index (χ4n) is 2.16. The monoisotopic (exact) mass is 326 g/mol. The smallest absolute Gasteiger partial charge is 0.226 e. The van der Waals surface area contributed by atoms with Gasteiger partial charge < -0.3 is 15.4 Å². The topological polar surface area (TPSA) is 50.4 Å². The van der Waals surface area contributed by atoms with Crippen LogP contribution < -0.4 is 15.4 Å². The van der Waals surface area contributed by atoms with Crippen molar-refractivity contribution in [3.63, 3.8) is 0 Å². The summed E-state index contributed by atoms with van der Waals surface area (Å²) in [5.74, 6) is 0.886. The maximum atomic E-state index is 11.7. The highest BCUT2D eigenvalue weighted by Crippen LogP contribution is 2.18. The van der Waals surface area contributed by atoms with Crippen LogP contribution in [-0.4, -0.2) is 12.0 Å². The Hall–Kier alpha value is -2.49. The molecule has 1 amide bonds. The number of nitrogens with one attached hydrogen (secondary N) is 2. The molecule has 0 saturated carbocycles. The minimum atomic E-state index is -0.0249. The Morgan fingerprint density at radius 2 is 1.67 bits per heavy atom. The molecule has 0 fully saturated rings. The second-order valence-corrected chi connectivity index (χ2v) is 6.39. The summed E-state index contributed by atoms with van der Waals surface area (Å²) in [6.07, 6.45) is 0.168. The predicted octanol–water partition coefficient (Wildman–Crippen LogP) is 4.68. The molecule has 2 aromatic carbocycles. The van der Waals surface area contributed by atoms with E-state index in [0.29, 0.717) is 6.54 Å². The lowest BCUT2D eigenvalue weighted by atomic mass is 10.2. The molecule has 0 aliphatic rings. The Morgan fingerprint density at radius 3 is 2.29 bits per heavy atom. The molecule has 0 unspecified atom stereocenters. The van der Waals surface area contributed by atoms with Gasteiger partial charge >= 0.3 is 0 Å². The Bertz CT molecular complexity index is 664. The highest BCUT2D eigenvalue weighted by atomic mass is 16.5. The predicted molar refractivity (Wildman–Crippen MR) is 99.4 cm³/mol. The summed E-state index contributed by atoms with van der Waals surface area (Å²) in [7, 11) is 0. The average molecular weight is 326 g/mol. The van der Waals surface area contributed by atoms with Crippen molar-refractivity contribution in [3.05, 3.63) is 54.1 Å². The minimum absolute atomic E-state index is 0.0249.